The van der Waals surface area contributed by atoms with E-state index in [0.717, 1.165) is 44.2 Å². The van der Waals surface area contributed by atoms with E-state index in [1.54, 1.807) is 6.33 Å². The van der Waals surface area contributed by atoms with Crippen molar-refractivity contribution in [1.29, 1.82) is 0 Å². The van der Waals surface area contributed by atoms with Crippen molar-refractivity contribution >= 4 is 21.9 Å². The molecule has 0 aliphatic carbocycles. The van der Waals surface area contributed by atoms with Gasteiger partial charge in [0.2, 0.25) is 0 Å². The minimum absolute atomic E-state index is 0.623. The van der Waals surface area contributed by atoms with E-state index in [4.69, 9.17) is 9.40 Å². The number of para-hydroxylation sites is 1. The largest absolute Gasteiger partial charge is 0.456 e. The van der Waals surface area contributed by atoms with Gasteiger partial charge >= 0.3 is 0 Å². The summed E-state index contributed by atoms with van der Waals surface area (Å²) in [6, 6.07) is 32.7. The minimum atomic E-state index is 0.623. The second kappa shape index (κ2) is 7.18. The van der Waals surface area contributed by atoms with E-state index >= 15 is 0 Å². The number of nitrogens with zero attached hydrogens (tertiary/aromatic N) is 3. The van der Waals surface area contributed by atoms with Gasteiger partial charge in [0.15, 0.2) is 11.6 Å². The molecule has 0 N–H and O–H groups in total. The van der Waals surface area contributed by atoms with Crippen molar-refractivity contribution in [3.63, 3.8) is 0 Å². The summed E-state index contributed by atoms with van der Waals surface area (Å²) in [5, 5.41) is 2.20. The lowest BCUT2D eigenvalue weighted by Gasteiger charge is -2.06. The number of hydrogen-bond donors (Lipinski definition) is 0. The molecule has 0 spiro atoms. The molecule has 0 aliphatic heterocycles. The number of benzene rings is 4. The zero-order valence-electron chi connectivity index (χ0n) is 16.6. The zero-order valence-corrected chi connectivity index (χ0v) is 16.6. The molecule has 31 heavy (non-hydrogen) atoms. The predicted octanol–water partition coefficient (Wildman–Crippen LogP) is 6.77. The summed E-state index contributed by atoms with van der Waals surface area (Å²) < 4.78 is 6.02. The van der Waals surface area contributed by atoms with E-state index in [2.05, 4.69) is 46.4 Å². The summed E-state index contributed by atoms with van der Waals surface area (Å²) in [5.74, 6) is 1.27. The Kier molecular flexibility index (Phi) is 4.06. The van der Waals surface area contributed by atoms with Gasteiger partial charge in [-0.05, 0) is 35.4 Å². The molecule has 0 amide bonds. The Labute approximate surface area is 178 Å². The molecule has 4 nitrogen and oxygen atoms in total. The van der Waals surface area contributed by atoms with Crippen LogP contribution in [0.5, 0.6) is 0 Å². The second-order valence-corrected chi connectivity index (χ2v) is 7.39. The van der Waals surface area contributed by atoms with Gasteiger partial charge in [-0.15, -0.1) is 0 Å². The number of aromatic nitrogens is 3. The van der Waals surface area contributed by atoms with Crippen LogP contribution in [0, 0.1) is 0 Å². The molecule has 2 aromatic heterocycles. The molecule has 0 atom stereocenters. The van der Waals surface area contributed by atoms with Gasteiger partial charge in [-0.25, -0.2) is 15.0 Å². The number of fused-ring (bicyclic) bond motifs is 3. The van der Waals surface area contributed by atoms with Crippen LogP contribution >= 0.6 is 0 Å². The molecule has 0 aliphatic rings. The Bertz CT molecular complexity index is 1540. The Balaban J connectivity index is 1.42. The van der Waals surface area contributed by atoms with E-state index in [1.807, 2.05) is 60.7 Å². The molecule has 6 aromatic rings. The predicted molar refractivity (Wildman–Crippen MR) is 123 cm³/mol. The highest BCUT2D eigenvalue weighted by Crippen LogP contribution is 2.31. The lowest BCUT2D eigenvalue weighted by Crippen LogP contribution is -1.95. The highest BCUT2D eigenvalue weighted by atomic mass is 16.3. The lowest BCUT2D eigenvalue weighted by molar-refractivity contribution is 0.669. The molecule has 4 aromatic carbocycles. The Hall–Kier alpha value is -4.31. The monoisotopic (exact) mass is 399 g/mol. The average Bonchev–Trinajstić information content (AvgIpc) is 3.23. The van der Waals surface area contributed by atoms with Crippen LogP contribution in [0.25, 0.3) is 55.8 Å². The fourth-order valence-electron chi connectivity index (χ4n) is 3.91. The van der Waals surface area contributed by atoms with Crippen LogP contribution in [0.1, 0.15) is 0 Å². The molecule has 2 heterocycles. The summed E-state index contributed by atoms with van der Waals surface area (Å²) in [4.78, 5) is 13.6. The van der Waals surface area contributed by atoms with E-state index in [0.29, 0.717) is 11.6 Å². The third kappa shape index (κ3) is 3.15. The van der Waals surface area contributed by atoms with Crippen molar-refractivity contribution in [3.8, 4) is 33.9 Å². The van der Waals surface area contributed by atoms with Crippen molar-refractivity contribution in [2.75, 3.05) is 0 Å². The van der Waals surface area contributed by atoms with Crippen LogP contribution < -0.4 is 0 Å². The quantitative estimate of drug-likeness (QED) is 0.329. The minimum Gasteiger partial charge on any atom is -0.456 e. The molecule has 0 bridgehead atoms. The number of furan rings is 1. The van der Waals surface area contributed by atoms with E-state index < -0.39 is 0 Å². The fraction of sp³-hybridized carbons (Fsp3) is 0. The first-order chi connectivity index (χ1) is 15.3. The number of hydrogen-bond acceptors (Lipinski definition) is 4. The first-order valence-electron chi connectivity index (χ1n) is 10.1. The molecule has 4 heteroatoms. The third-order valence-electron chi connectivity index (χ3n) is 5.44. The van der Waals surface area contributed by atoms with Crippen LogP contribution in [0.15, 0.2) is 108 Å². The zero-order chi connectivity index (χ0) is 20.6. The Morgan fingerprint density at radius 1 is 0.484 bits per heavy atom. The maximum absolute atomic E-state index is 6.02. The fourth-order valence-corrected chi connectivity index (χ4v) is 3.91. The summed E-state index contributed by atoms with van der Waals surface area (Å²) >= 11 is 0. The molecule has 6 rings (SSSR count). The van der Waals surface area contributed by atoms with E-state index in [1.165, 1.54) is 0 Å². The molecule has 0 unspecified atom stereocenters. The van der Waals surface area contributed by atoms with Crippen LogP contribution in [-0.4, -0.2) is 15.0 Å². The van der Waals surface area contributed by atoms with Crippen molar-refractivity contribution in [3.05, 3.63) is 103 Å². The standard InChI is InChI=1S/C27H17N3O/c1-2-7-18(8-3-1)19-9-6-10-20(15-19)26-28-17-29-27(30-26)21-13-14-23-22-11-4-5-12-24(22)31-25(23)16-21/h1-17H. The molecule has 146 valence electrons. The van der Waals surface area contributed by atoms with E-state index in [9.17, 15) is 0 Å². The topological polar surface area (TPSA) is 51.8 Å². The van der Waals surface area contributed by atoms with Crippen LogP contribution in [-0.2, 0) is 0 Å². The van der Waals surface area contributed by atoms with Gasteiger partial charge in [-0.1, -0.05) is 72.8 Å². The molecular weight excluding hydrogens is 382 g/mol. The highest BCUT2D eigenvalue weighted by Gasteiger charge is 2.11. The van der Waals surface area contributed by atoms with Crippen molar-refractivity contribution in [1.82, 2.24) is 15.0 Å². The number of rotatable bonds is 3. The summed E-state index contributed by atoms with van der Waals surface area (Å²) in [7, 11) is 0. The van der Waals surface area contributed by atoms with Gasteiger partial charge in [0.05, 0.1) is 0 Å². The van der Waals surface area contributed by atoms with Gasteiger partial charge in [0.25, 0.3) is 0 Å². The summed E-state index contributed by atoms with van der Waals surface area (Å²) in [6.45, 7) is 0. The van der Waals surface area contributed by atoms with Crippen LogP contribution in [0.2, 0.25) is 0 Å². The van der Waals surface area contributed by atoms with Gasteiger partial charge in [-0.3, -0.25) is 0 Å². The Morgan fingerprint density at radius 3 is 2.03 bits per heavy atom. The van der Waals surface area contributed by atoms with Crippen LogP contribution in [0.4, 0.5) is 0 Å². The van der Waals surface area contributed by atoms with Gasteiger partial charge in [0, 0.05) is 21.9 Å². The third-order valence-corrected chi connectivity index (χ3v) is 5.44. The smallest absolute Gasteiger partial charge is 0.163 e. The molecule has 0 fully saturated rings. The normalized spacial score (nSPS) is 11.2. The Morgan fingerprint density at radius 2 is 1.16 bits per heavy atom. The van der Waals surface area contributed by atoms with Gasteiger partial charge in [0.1, 0.15) is 17.5 Å². The first-order valence-corrected chi connectivity index (χ1v) is 10.1. The summed E-state index contributed by atoms with van der Waals surface area (Å²) in [5.41, 5.74) is 5.84. The molecule has 0 saturated heterocycles. The molecule has 0 radical (unpaired) electrons. The van der Waals surface area contributed by atoms with Crippen LogP contribution in [0.3, 0.4) is 0 Å². The summed E-state index contributed by atoms with van der Waals surface area (Å²) in [6.07, 6.45) is 1.57. The SMILES string of the molecule is c1ccc(-c2cccc(-c3ncnc(-c4ccc5c(c4)oc4ccccc45)n3)c2)cc1. The first kappa shape index (κ1) is 17.5. The van der Waals surface area contributed by atoms with E-state index in [-0.39, 0.29) is 0 Å². The maximum Gasteiger partial charge on any atom is 0.163 e. The molecular formula is C27H17N3O. The molecule has 0 saturated carbocycles. The van der Waals surface area contributed by atoms with Crippen molar-refractivity contribution < 1.29 is 4.42 Å². The average molecular weight is 399 g/mol. The van der Waals surface area contributed by atoms with Crippen molar-refractivity contribution in [2.24, 2.45) is 0 Å². The maximum atomic E-state index is 6.02. The van der Waals surface area contributed by atoms with Gasteiger partial charge in [-0.2, -0.15) is 0 Å². The highest BCUT2D eigenvalue weighted by molar-refractivity contribution is 6.05. The van der Waals surface area contributed by atoms with Gasteiger partial charge < -0.3 is 4.42 Å². The van der Waals surface area contributed by atoms with Crippen molar-refractivity contribution in [2.45, 2.75) is 0 Å². The second-order valence-electron chi connectivity index (χ2n) is 7.39. The lowest BCUT2D eigenvalue weighted by atomic mass is 10.0.